The smallest absolute Gasteiger partial charge is 0.0643 e. The van der Waals surface area contributed by atoms with Crippen molar-refractivity contribution in [2.45, 2.75) is 19.0 Å². The van der Waals surface area contributed by atoms with Crippen molar-refractivity contribution in [2.75, 3.05) is 13.2 Å². The van der Waals surface area contributed by atoms with Gasteiger partial charge in [-0.3, -0.25) is 0 Å². The molecule has 14 heavy (non-hydrogen) atoms. The fraction of sp³-hybridized carbons (Fsp3) is 0.455. The zero-order valence-electron chi connectivity index (χ0n) is 8.16. The Kier molecular flexibility index (Phi) is 3.41. The number of benzene rings is 1. The summed E-state index contributed by atoms with van der Waals surface area (Å²) in [4.78, 5) is 0. The van der Waals surface area contributed by atoms with Gasteiger partial charge >= 0.3 is 0 Å². The first-order valence-corrected chi connectivity index (χ1v) is 5.93. The lowest BCUT2D eigenvalue weighted by atomic mass is 10.1. The Morgan fingerprint density at radius 2 is 2.00 bits per heavy atom. The summed E-state index contributed by atoms with van der Waals surface area (Å²) in [6.45, 7) is 3.91. The lowest BCUT2D eigenvalue weighted by Gasteiger charge is -2.30. The van der Waals surface area contributed by atoms with Gasteiger partial charge in [-0.1, -0.05) is 12.1 Å². The molecule has 0 spiro atoms. The van der Waals surface area contributed by atoms with E-state index in [4.69, 9.17) is 4.74 Å². The first-order valence-electron chi connectivity index (χ1n) is 4.85. The Balaban J connectivity index is 1.95. The van der Waals surface area contributed by atoms with Gasteiger partial charge in [-0.25, -0.2) is 0 Å². The Hall–Kier alpha value is -0.130. The third kappa shape index (κ3) is 2.46. The van der Waals surface area contributed by atoms with Crippen LogP contribution < -0.4 is 5.32 Å². The van der Waals surface area contributed by atoms with Gasteiger partial charge in [-0.05, 0) is 47.2 Å². The van der Waals surface area contributed by atoms with Crippen LogP contribution in [0.3, 0.4) is 0 Å². The van der Waals surface area contributed by atoms with Gasteiger partial charge in [-0.2, -0.15) is 0 Å². The van der Waals surface area contributed by atoms with E-state index in [2.05, 4.69) is 59.1 Å². The van der Waals surface area contributed by atoms with Gasteiger partial charge in [-0.15, -0.1) is 0 Å². The molecule has 76 valence electrons. The van der Waals surface area contributed by atoms with E-state index in [1.807, 2.05) is 0 Å². The Morgan fingerprint density at radius 1 is 1.36 bits per heavy atom. The van der Waals surface area contributed by atoms with Crippen molar-refractivity contribution in [3.63, 3.8) is 0 Å². The molecule has 1 aliphatic rings. The molecule has 3 heteroatoms. The second-order valence-corrected chi connectivity index (χ2v) is 4.92. The summed E-state index contributed by atoms with van der Waals surface area (Å²) in [5.41, 5.74) is 1.34. The van der Waals surface area contributed by atoms with Gasteiger partial charge in [0, 0.05) is 9.61 Å². The molecular weight excluding hydrogens is 289 g/mol. The fourth-order valence-corrected chi connectivity index (χ4v) is 1.89. The van der Waals surface area contributed by atoms with Crippen LogP contribution in [-0.2, 0) is 4.74 Å². The molecule has 0 aromatic heterocycles. The van der Waals surface area contributed by atoms with Crippen molar-refractivity contribution in [3.05, 3.63) is 33.4 Å². The van der Waals surface area contributed by atoms with Crippen LogP contribution in [0, 0.1) is 3.57 Å². The first kappa shape index (κ1) is 10.4. The molecule has 1 aromatic carbocycles. The van der Waals surface area contributed by atoms with Crippen LogP contribution in [0.2, 0.25) is 0 Å². The van der Waals surface area contributed by atoms with Gasteiger partial charge in [0.1, 0.15) is 0 Å². The molecular formula is C11H14INO. The van der Waals surface area contributed by atoms with Gasteiger partial charge in [0.25, 0.3) is 0 Å². The standard InChI is InChI=1S/C11H14INO/c1-8(13-11-6-14-7-11)9-2-4-10(12)5-3-9/h2-5,8,11,13H,6-7H2,1H3. The van der Waals surface area contributed by atoms with Crippen molar-refractivity contribution in [2.24, 2.45) is 0 Å². The van der Waals surface area contributed by atoms with E-state index in [0.29, 0.717) is 12.1 Å². The lowest BCUT2D eigenvalue weighted by Crippen LogP contribution is -2.46. The second kappa shape index (κ2) is 4.59. The molecule has 0 amide bonds. The molecule has 1 saturated heterocycles. The maximum absolute atomic E-state index is 5.13. The molecule has 1 aromatic rings. The molecule has 1 unspecified atom stereocenters. The van der Waals surface area contributed by atoms with Crippen molar-refractivity contribution in [1.82, 2.24) is 5.32 Å². The quantitative estimate of drug-likeness (QED) is 0.866. The van der Waals surface area contributed by atoms with E-state index in [1.165, 1.54) is 9.13 Å². The maximum atomic E-state index is 5.13. The topological polar surface area (TPSA) is 21.3 Å². The number of ether oxygens (including phenoxy) is 1. The summed E-state index contributed by atoms with van der Waals surface area (Å²) >= 11 is 2.32. The number of nitrogens with one attached hydrogen (secondary N) is 1. The summed E-state index contributed by atoms with van der Waals surface area (Å²) in [5, 5.41) is 3.52. The third-order valence-electron chi connectivity index (χ3n) is 2.49. The Labute approximate surface area is 98.2 Å². The zero-order valence-corrected chi connectivity index (χ0v) is 10.3. The molecule has 0 saturated carbocycles. The average Bonchev–Trinajstić information content (AvgIpc) is 2.12. The number of rotatable bonds is 3. The first-order chi connectivity index (χ1) is 6.75. The van der Waals surface area contributed by atoms with Crippen molar-refractivity contribution >= 4 is 22.6 Å². The van der Waals surface area contributed by atoms with Gasteiger partial charge < -0.3 is 10.1 Å². The highest BCUT2D eigenvalue weighted by Gasteiger charge is 2.20. The van der Waals surface area contributed by atoms with Crippen LogP contribution in [0.4, 0.5) is 0 Å². The molecule has 1 N–H and O–H groups in total. The minimum atomic E-state index is 0.417. The second-order valence-electron chi connectivity index (χ2n) is 3.67. The Bertz CT molecular complexity index is 295. The highest BCUT2D eigenvalue weighted by molar-refractivity contribution is 14.1. The Morgan fingerprint density at radius 3 is 2.50 bits per heavy atom. The predicted molar refractivity (Wildman–Crippen MR) is 65.3 cm³/mol. The van der Waals surface area contributed by atoms with E-state index >= 15 is 0 Å². The molecule has 0 aliphatic carbocycles. The van der Waals surface area contributed by atoms with Crippen molar-refractivity contribution in [3.8, 4) is 0 Å². The summed E-state index contributed by atoms with van der Waals surface area (Å²) in [6, 6.07) is 9.61. The lowest BCUT2D eigenvalue weighted by molar-refractivity contribution is -0.00925. The average molecular weight is 303 g/mol. The summed E-state index contributed by atoms with van der Waals surface area (Å²) < 4.78 is 6.41. The molecule has 0 radical (unpaired) electrons. The van der Waals surface area contributed by atoms with Crippen LogP contribution in [-0.4, -0.2) is 19.3 Å². The largest absolute Gasteiger partial charge is 0.378 e. The molecule has 0 bridgehead atoms. The van der Waals surface area contributed by atoms with Crippen LogP contribution in [0.25, 0.3) is 0 Å². The normalized spacial score (nSPS) is 19.0. The van der Waals surface area contributed by atoms with Gasteiger partial charge in [0.15, 0.2) is 0 Å². The van der Waals surface area contributed by atoms with Gasteiger partial charge in [0.2, 0.25) is 0 Å². The highest BCUT2D eigenvalue weighted by atomic mass is 127. The molecule has 1 aliphatic heterocycles. The van der Waals surface area contributed by atoms with E-state index in [1.54, 1.807) is 0 Å². The van der Waals surface area contributed by atoms with Crippen molar-refractivity contribution < 1.29 is 4.74 Å². The number of halogens is 1. The summed E-state index contributed by atoms with van der Waals surface area (Å²) in [5.74, 6) is 0. The van der Waals surface area contributed by atoms with Crippen LogP contribution in [0.5, 0.6) is 0 Å². The third-order valence-corrected chi connectivity index (χ3v) is 3.21. The summed E-state index contributed by atoms with van der Waals surface area (Å²) in [7, 11) is 0. The van der Waals surface area contributed by atoms with Crippen LogP contribution >= 0.6 is 22.6 Å². The monoisotopic (exact) mass is 303 g/mol. The molecule has 2 nitrogen and oxygen atoms in total. The SMILES string of the molecule is CC(NC1COC1)c1ccc(I)cc1. The summed E-state index contributed by atoms with van der Waals surface area (Å²) in [6.07, 6.45) is 0. The van der Waals surface area contributed by atoms with Crippen LogP contribution in [0.15, 0.2) is 24.3 Å². The fourth-order valence-electron chi connectivity index (χ4n) is 1.53. The van der Waals surface area contributed by atoms with E-state index in [-0.39, 0.29) is 0 Å². The molecule has 1 fully saturated rings. The number of hydrogen-bond donors (Lipinski definition) is 1. The van der Waals surface area contributed by atoms with Gasteiger partial charge in [0.05, 0.1) is 19.3 Å². The molecule has 2 rings (SSSR count). The van der Waals surface area contributed by atoms with Crippen LogP contribution in [0.1, 0.15) is 18.5 Å². The van der Waals surface area contributed by atoms with E-state index in [9.17, 15) is 0 Å². The highest BCUT2D eigenvalue weighted by Crippen LogP contribution is 2.16. The zero-order chi connectivity index (χ0) is 9.97. The maximum Gasteiger partial charge on any atom is 0.0643 e. The minimum absolute atomic E-state index is 0.417. The van der Waals surface area contributed by atoms with Crippen molar-refractivity contribution in [1.29, 1.82) is 0 Å². The minimum Gasteiger partial charge on any atom is -0.378 e. The number of hydrogen-bond acceptors (Lipinski definition) is 2. The predicted octanol–water partition coefficient (Wildman–Crippen LogP) is 2.34. The van der Waals surface area contributed by atoms with E-state index < -0.39 is 0 Å². The molecule has 1 atom stereocenters. The van der Waals surface area contributed by atoms with E-state index in [0.717, 1.165) is 13.2 Å². The molecule has 1 heterocycles.